The molecule has 120 valence electrons. The summed E-state index contributed by atoms with van der Waals surface area (Å²) in [6.07, 6.45) is 1.05. The highest BCUT2D eigenvalue weighted by Crippen LogP contribution is 2.63. The van der Waals surface area contributed by atoms with Crippen molar-refractivity contribution in [2.45, 2.75) is 11.2 Å². The molecule has 2 aliphatic rings. The van der Waals surface area contributed by atoms with Crippen LogP contribution in [0.1, 0.15) is 11.5 Å². The zero-order valence-electron chi connectivity index (χ0n) is 12.1. The van der Waals surface area contributed by atoms with Crippen LogP contribution in [0, 0.1) is 5.41 Å². The maximum absolute atomic E-state index is 12.0. The lowest BCUT2D eigenvalue weighted by Gasteiger charge is -2.11. The van der Waals surface area contributed by atoms with Crippen LogP contribution in [0.2, 0.25) is 0 Å². The van der Waals surface area contributed by atoms with Crippen LogP contribution >= 0.6 is 0 Å². The molecule has 1 aromatic carbocycles. The maximum atomic E-state index is 12.0. The van der Waals surface area contributed by atoms with Crippen molar-refractivity contribution < 1.29 is 32.5 Å². The Morgan fingerprint density at radius 3 is 2.68 bits per heavy atom. The van der Waals surface area contributed by atoms with E-state index in [1.54, 1.807) is 18.2 Å². The number of carboxylic acid groups (broad SMARTS) is 1. The first-order valence-electron chi connectivity index (χ1n) is 6.63. The number of hydrogen-bond acceptors (Lipinski definition) is 6. The zero-order valence-corrected chi connectivity index (χ0v) is 12.9. The molecule has 1 aromatic rings. The highest BCUT2D eigenvalue weighted by Gasteiger charge is 2.75. The van der Waals surface area contributed by atoms with Crippen molar-refractivity contribution in [3.63, 3.8) is 0 Å². The molecular weight excluding hydrogens is 312 g/mol. The average Bonchev–Trinajstić information content (AvgIpc) is 2.91. The van der Waals surface area contributed by atoms with Crippen LogP contribution < -0.4 is 9.47 Å². The lowest BCUT2D eigenvalue weighted by atomic mass is 9.99. The van der Waals surface area contributed by atoms with Crippen molar-refractivity contribution >= 4 is 15.8 Å². The van der Waals surface area contributed by atoms with Gasteiger partial charge in [-0.05, 0) is 17.7 Å². The summed E-state index contributed by atoms with van der Waals surface area (Å²) in [5.41, 5.74) is -0.866. The van der Waals surface area contributed by atoms with Crippen molar-refractivity contribution in [3.8, 4) is 11.5 Å². The number of aliphatic carboxylic acids is 1. The van der Waals surface area contributed by atoms with Crippen molar-refractivity contribution in [1.29, 1.82) is 0 Å². The molecule has 0 bridgehead atoms. The summed E-state index contributed by atoms with van der Waals surface area (Å²) in [4.78, 5) is 11.7. The molecule has 1 N–H and O–H groups in total. The third-order valence-corrected chi connectivity index (χ3v) is 5.87. The Morgan fingerprint density at radius 1 is 1.41 bits per heavy atom. The molecule has 0 radical (unpaired) electrons. The summed E-state index contributed by atoms with van der Waals surface area (Å²) < 4.78 is 39.6. The lowest BCUT2D eigenvalue weighted by molar-refractivity contribution is -0.145. The number of hydrogen-bond donors (Lipinski definition) is 1. The zero-order chi connectivity index (χ0) is 16.1. The van der Waals surface area contributed by atoms with Gasteiger partial charge in [-0.2, -0.15) is 0 Å². The van der Waals surface area contributed by atoms with Gasteiger partial charge in [-0.15, -0.1) is 0 Å². The molecule has 0 amide bonds. The number of carboxylic acids is 1. The normalized spacial score (nSPS) is 29.4. The number of benzene rings is 1. The second-order valence-electron chi connectivity index (χ2n) is 5.62. The molecular formula is C14H16O7S. The molecule has 22 heavy (non-hydrogen) atoms. The van der Waals surface area contributed by atoms with Crippen LogP contribution in [-0.4, -0.2) is 51.5 Å². The summed E-state index contributed by atoms with van der Waals surface area (Å²) in [5.74, 6) is -0.789. The van der Waals surface area contributed by atoms with Gasteiger partial charge in [0.1, 0.15) is 5.41 Å². The first-order valence-corrected chi connectivity index (χ1v) is 8.58. The van der Waals surface area contributed by atoms with Crippen LogP contribution in [0.15, 0.2) is 18.2 Å². The number of ether oxygens (including phenoxy) is 3. The molecule has 0 unspecified atom stereocenters. The molecule has 3 atom stereocenters. The van der Waals surface area contributed by atoms with Gasteiger partial charge >= 0.3 is 5.97 Å². The molecule has 7 nitrogen and oxygen atoms in total. The first-order chi connectivity index (χ1) is 10.3. The van der Waals surface area contributed by atoms with Gasteiger partial charge in [0.15, 0.2) is 21.3 Å². The highest BCUT2D eigenvalue weighted by molar-refractivity contribution is 7.91. The average molecular weight is 328 g/mol. The summed E-state index contributed by atoms with van der Waals surface area (Å²) in [6.45, 7) is -0.0692. The van der Waals surface area contributed by atoms with Gasteiger partial charge in [0.25, 0.3) is 0 Å². The van der Waals surface area contributed by atoms with E-state index in [0.717, 1.165) is 6.26 Å². The Hall–Kier alpha value is -1.80. The smallest absolute Gasteiger partial charge is 0.314 e. The van der Waals surface area contributed by atoms with Crippen molar-refractivity contribution in [2.75, 3.05) is 26.8 Å². The molecule has 1 aliphatic heterocycles. The third kappa shape index (κ3) is 2.05. The van der Waals surface area contributed by atoms with Gasteiger partial charge in [-0.25, -0.2) is 8.42 Å². The van der Waals surface area contributed by atoms with Gasteiger partial charge in [0.2, 0.25) is 6.79 Å². The quantitative estimate of drug-likeness (QED) is 0.847. The fourth-order valence-electron chi connectivity index (χ4n) is 3.34. The topological polar surface area (TPSA) is 99.1 Å². The molecule has 1 fully saturated rings. The van der Waals surface area contributed by atoms with E-state index in [1.807, 2.05) is 0 Å². The Labute approximate surface area is 127 Å². The maximum Gasteiger partial charge on any atom is 0.314 e. The molecule has 1 heterocycles. The number of methoxy groups -OCH3 is 1. The monoisotopic (exact) mass is 328 g/mol. The van der Waals surface area contributed by atoms with E-state index >= 15 is 0 Å². The molecule has 3 rings (SSSR count). The van der Waals surface area contributed by atoms with Crippen molar-refractivity contribution in [3.05, 3.63) is 23.8 Å². The van der Waals surface area contributed by atoms with Gasteiger partial charge in [-0.3, -0.25) is 4.79 Å². The lowest BCUT2D eigenvalue weighted by Crippen LogP contribution is -2.28. The minimum absolute atomic E-state index is 0.0983. The molecule has 0 spiro atoms. The van der Waals surface area contributed by atoms with Crippen LogP contribution in [0.4, 0.5) is 0 Å². The van der Waals surface area contributed by atoms with Crippen molar-refractivity contribution in [1.82, 2.24) is 0 Å². The van der Waals surface area contributed by atoms with Gasteiger partial charge < -0.3 is 19.3 Å². The molecule has 8 heteroatoms. The van der Waals surface area contributed by atoms with Gasteiger partial charge in [-0.1, -0.05) is 6.07 Å². The van der Waals surface area contributed by atoms with Gasteiger partial charge in [0.05, 0.1) is 11.9 Å². The van der Waals surface area contributed by atoms with E-state index in [0.29, 0.717) is 17.1 Å². The first kappa shape index (κ1) is 15.1. The molecule has 0 saturated heterocycles. The minimum atomic E-state index is -3.55. The van der Waals surface area contributed by atoms with E-state index in [-0.39, 0.29) is 13.4 Å². The highest BCUT2D eigenvalue weighted by atomic mass is 32.2. The fraction of sp³-hybridized carbons (Fsp3) is 0.500. The summed E-state index contributed by atoms with van der Waals surface area (Å²) in [7, 11) is -2.19. The second kappa shape index (κ2) is 4.85. The molecule has 1 aliphatic carbocycles. The van der Waals surface area contributed by atoms with E-state index in [4.69, 9.17) is 14.2 Å². The second-order valence-corrected chi connectivity index (χ2v) is 7.79. The summed E-state index contributed by atoms with van der Waals surface area (Å²) in [5, 5.41) is 8.58. The standard InChI is InChI=1S/C14H16O7S/c1-19-6-14(13(15)16)11(12(14)22(2,17)18)8-3-4-9-10(5-8)21-7-20-9/h3-5,11-12H,6-7H2,1-2H3,(H,15,16)/t11-,12+,14-/m1/s1. The minimum Gasteiger partial charge on any atom is -0.481 e. The molecule has 1 saturated carbocycles. The summed E-state index contributed by atoms with van der Waals surface area (Å²) in [6, 6.07) is 4.98. The predicted octanol–water partition coefficient (Wildman–Crippen LogP) is 0.643. The Balaban J connectivity index is 2.06. The van der Waals surface area contributed by atoms with Crippen LogP contribution in [0.25, 0.3) is 0 Å². The SMILES string of the molecule is COC[C@@]1(C(=O)O)[C@H](c2ccc3c(c2)OCO3)[C@@H]1S(C)(=O)=O. The predicted molar refractivity (Wildman–Crippen MR) is 75.9 cm³/mol. The van der Waals surface area contributed by atoms with Gasteiger partial charge in [0, 0.05) is 19.3 Å². The van der Waals surface area contributed by atoms with E-state index in [2.05, 4.69) is 0 Å². The number of sulfone groups is 1. The van der Waals surface area contributed by atoms with Crippen LogP contribution in [0.3, 0.4) is 0 Å². The Morgan fingerprint density at radius 2 is 2.09 bits per heavy atom. The molecule has 0 aromatic heterocycles. The largest absolute Gasteiger partial charge is 0.481 e. The van der Waals surface area contributed by atoms with Crippen LogP contribution in [-0.2, 0) is 19.4 Å². The van der Waals surface area contributed by atoms with E-state index in [9.17, 15) is 18.3 Å². The van der Waals surface area contributed by atoms with E-state index < -0.39 is 32.4 Å². The fourth-order valence-corrected chi connectivity index (χ4v) is 5.24. The third-order valence-electron chi connectivity index (χ3n) is 4.25. The Kier molecular flexibility index (Phi) is 3.33. The van der Waals surface area contributed by atoms with Crippen molar-refractivity contribution in [2.24, 2.45) is 5.41 Å². The number of carbonyl (C=O) groups is 1. The summed E-state index contributed by atoms with van der Waals surface area (Å²) >= 11 is 0. The number of rotatable bonds is 5. The number of fused-ring (bicyclic) bond motifs is 1. The van der Waals surface area contributed by atoms with Crippen LogP contribution in [0.5, 0.6) is 11.5 Å². The Bertz CT molecular complexity index is 727. The van der Waals surface area contributed by atoms with E-state index in [1.165, 1.54) is 7.11 Å².